The van der Waals surface area contributed by atoms with E-state index in [-0.39, 0.29) is 25.0 Å². The molecule has 7 nitrogen and oxygen atoms in total. The summed E-state index contributed by atoms with van der Waals surface area (Å²) in [5, 5.41) is 21.3. The lowest BCUT2D eigenvalue weighted by molar-refractivity contribution is -0.142. The number of nitrogens with one attached hydrogen (secondary N) is 1. The highest BCUT2D eigenvalue weighted by Crippen LogP contribution is 2.51. The zero-order valence-electron chi connectivity index (χ0n) is 20.5. The standard InChI is InChI=1S/C31H24N4O3/c36-17-16-34-26-11-4-3-8-24(26)30(33-34)31(35-27(37)14-15-28(35)38)19-32-25-10-5-9-23(29(25)31)22-13-12-20-6-1-2-7-21(20)18-22/h1-15,18,32,36H,16-17,19H2. The summed E-state index contributed by atoms with van der Waals surface area (Å²) < 4.78 is 1.75. The molecule has 3 heterocycles. The molecule has 0 fully saturated rings. The van der Waals surface area contributed by atoms with E-state index in [1.165, 1.54) is 17.1 Å². The van der Waals surface area contributed by atoms with Gasteiger partial charge in [0, 0.05) is 35.3 Å². The molecule has 2 aliphatic rings. The fourth-order valence-electron chi connectivity index (χ4n) is 6.03. The SMILES string of the molecule is O=C1C=CC(=O)N1C1(c2nn(CCO)c3ccccc23)CNc2cccc(-c3ccc4ccccc4c3)c21. The van der Waals surface area contributed by atoms with Crippen LogP contribution in [0, 0.1) is 0 Å². The summed E-state index contributed by atoms with van der Waals surface area (Å²) in [7, 11) is 0. The van der Waals surface area contributed by atoms with Crippen LogP contribution in [0.3, 0.4) is 0 Å². The average Bonchev–Trinajstić information content (AvgIpc) is 3.62. The fraction of sp³-hybridized carbons (Fsp3) is 0.129. The Bertz CT molecular complexity index is 1790. The van der Waals surface area contributed by atoms with Crippen molar-refractivity contribution < 1.29 is 14.7 Å². The van der Waals surface area contributed by atoms with E-state index in [0.717, 1.165) is 44.1 Å². The minimum atomic E-state index is -1.20. The fourth-order valence-corrected chi connectivity index (χ4v) is 6.03. The quantitative estimate of drug-likeness (QED) is 0.349. The largest absolute Gasteiger partial charge is 0.394 e. The third-order valence-electron chi connectivity index (χ3n) is 7.63. The molecular formula is C31H24N4O3. The summed E-state index contributed by atoms with van der Waals surface area (Å²) >= 11 is 0. The van der Waals surface area contributed by atoms with Crippen LogP contribution < -0.4 is 5.32 Å². The van der Waals surface area contributed by atoms with Crippen molar-refractivity contribution in [3.05, 3.63) is 108 Å². The number of fused-ring (bicyclic) bond motifs is 3. The number of carbonyl (C=O) groups excluding carboxylic acids is 2. The Hall–Kier alpha value is -4.75. The molecule has 0 spiro atoms. The molecule has 1 aromatic heterocycles. The zero-order chi connectivity index (χ0) is 25.9. The lowest BCUT2D eigenvalue weighted by Gasteiger charge is -2.37. The van der Waals surface area contributed by atoms with Gasteiger partial charge in [-0.2, -0.15) is 5.10 Å². The third kappa shape index (κ3) is 3.09. The van der Waals surface area contributed by atoms with Gasteiger partial charge in [-0.1, -0.05) is 66.7 Å². The first-order valence-corrected chi connectivity index (χ1v) is 12.6. The molecule has 0 saturated heterocycles. The van der Waals surface area contributed by atoms with E-state index in [2.05, 4.69) is 35.6 Å². The van der Waals surface area contributed by atoms with E-state index >= 15 is 0 Å². The number of anilines is 1. The van der Waals surface area contributed by atoms with Gasteiger partial charge >= 0.3 is 0 Å². The number of hydrogen-bond acceptors (Lipinski definition) is 5. The predicted molar refractivity (Wildman–Crippen MR) is 146 cm³/mol. The summed E-state index contributed by atoms with van der Waals surface area (Å²) in [5.41, 5.74) is 3.83. The smallest absolute Gasteiger partial charge is 0.254 e. The highest BCUT2D eigenvalue weighted by molar-refractivity contribution is 6.14. The molecule has 2 aliphatic heterocycles. The number of aliphatic hydroxyl groups excluding tert-OH is 1. The minimum Gasteiger partial charge on any atom is -0.394 e. The van der Waals surface area contributed by atoms with E-state index < -0.39 is 5.54 Å². The molecule has 5 aromatic rings. The van der Waals surface area contributed by atoms with Crippen molar-refractivity contribution in [1.29, 1.82) is 0 Å². The highest BCUT2D eigenvalue weighted by Gasteiger charge is 2.54. The molecular weight excluding hydrogens is 476 g/mol. The van der Waals surface area contributed by atoms with Crippen LogP contribution in [-0.4, -0.2) is 44.8 Å². The monoisotopic (exact) mass is 500 g/mol. The summed E-state index contributed by atoms with van der Waals surface area (Å²) in [4.78, 5) is 28.1. The maximum absolute atomic E-state index is 13.4. The number of hydrogen-bond donors (Lipinski definition) is 2. The number of imide groups is 1. The number of amides is 2. The van der Waals surface area contributed by atoms with Gasteiger partial charge in [0.2, 0.25) is 0 Å². The lowest BCUT2D eigenvalue weighted by Crippen LogP contribution is -2.52. The van der Waals surface area contributed by atoms with Gasteiger partial charge in [-0.3, -0.25) is 19.2 Å². The van der Waals surface area contributed by atoms with E-state index in [1.54, 1.807) is 4.68 Å². The molecule has 2 amide bonds. The van der Waals surface area contributed by atoms with Crippen LogP contribution in [0.15, 0.2) is 97.1 Å². The average molecular weight is 501 g/mol. The molecule has 0 bridgehead atoms. The van der Waals surface area contributed by atoms with Gasteiger partial charge < -0.3 is 10.4 Å². The van der Waals surface area contributed by atoms with Crippen molar-refractivity contribution in [1.82, 2.24) is 14.7 Å². The molecule has 38 heavy (non-hydrogen) atoms. The summed E-state index contributed by atoms with van der Waals surface area (Å²) in [5.74, 6) is -0.752. The van der Waals surface area contributed by atoms with Crippen molar-refractivity contribution in [3.63, 3.8) is 0 Å². The van der Waals surface area contributed by atoms with Crippen LogP contribution >= 0.6 is 0 Å². The van der Waals surface area contributed by atoms with Gasteiger partial charge in [0.25, 0.3) is 11.8 Å². The minimum absolute atomic E-state index is 0.0849. The molecule has 0 aliphatic carbocycles. The van der Waals surface area contributed by atoms with Crippen LogP contribution in [-0.2, 0) is 21.7 Å². The lowest BCUT2D eigenvalue weighted by atomic mass is 9.80. The second-order valence-corrected chi connectivity index (χ2v) is 9.66. The van der Waals surface area contributed by atoms with Crippen LogP contribution in [0.2, 0.25) is 0 Å². The first-order chi connectivity index (χ1) is 18.6. The Labute approximate surface area is 218 Å². The topological polar surface area (TPSA) is 87.5 Å². The molecule has 4 aromatic carbocycles. The Balaban J connectivity index is 1.56. The number of nitrogens with zero attached hydrogens (tertiary/aromatic N) is 3. The van der Waals surface area contributed by atoms with Crippen molar-refractivity contribution in [2.24, 2.45) is 0 Å². The van der Waals surface area contributed by atoms with Crippen LogP contribution in [0.5, 0.6) is 0 Å². The van der Waals surface area contributed by atoms with Gasteiger partial charge in [-0.25, -0.2) is 0 Å². The van der Waals surface area contributed by atoms with E-state index in [1.807, 2.05) is 54.6 Å². The number of aromatic nitrogens is 2. The number of benzene rings is 4. The molecule has 7 heteroatoms. The van der Waals surface area contributed by atoms with Crippen molar-refractivity contribution in [2.45, 2.75) is 12.1 Å². The Kier molecular flexibility index (Phi) is 4.96. The first kappa shape index (κ1) is 22.4. The van der Waals surface area contributed by atoms with E-state index in [0.29, 0.717) is 12.2 Å². The Morgan fingerprint density at radius 2 is 1.63 bits per heavy atom. The highest BCUT2D eigenvalue weighted by atomic mass is 16.3. The second kappa shape index (κ2) is 8.39. The van der Waals surface area contributed by atoms with Gasteiger partial charge in [0.05, 0.1) is 18.7 Å². The van der Waals surface area contributed by atoms with Crippen molar-refractivity contribution in [3.8, 4) is 11.1 Å². The maximum atomic E-state index is 13.4. The summed E-state index contributed by atoms with van der Waals surface area (Å²) in [6.45, 7) is 0.494. The molecule has 0 radical (unpaired) electrons. The molecule has 186 valence electrons. The van der Waals surface area contributed by atoms with Crippen molar-refractivity contribution >= 4 is 39.2 Å². The molecule has 2 N–H and O–H groups in total. The van der Waals surface area contributed by atoms with E-state index in [4.69, 9.17) is 5.10 Å². The summed E-state index contributed by atoms with van der Waals surface area (Å²) in [6.07, 6.45) is 2.65. The van der Waals surface area contributed by atoms with Crippen LogP contribution in [0.25, 0.3) is 32.8 Å². The Morgan fingerprint density at radius 1 is 0.868 bits per heavy atom. The Morgan fingerprint density at radius 3 is 2.45 bits per heavy atom. The van der Waals surface area contributed by atoms with Gasteiger partial charge in [0.15, 0.2) is 0 Å². The second-order valence-electron chi connectivity index (χ2n) is 9.66. The molecule has 0 saturated carbocycles. The summed E-state index contributed by atoms with van der Waals surface area (Å²) in [6, 6.07) is 28.3. The molecule has 1 unspecified atom stereocenters. The predicted octanol–water partition coefficient (Wildman–Crippen LogP) is 4.44. The maximum Gasteiger partial charge on any atom is 0.254 e. The van der Waals surface area contributed by atoms with Crippen LogP contribution in [0.1, 0.15) is 11.3 Å². The number of rotatable bonds is 5. The van der Waals surface area contributed by atoms with Gasteiger partial charge in [-0.15, -0.1) is 0 Å². The molecule has 1 atom stereocenters. The zero-order valence-corrected chi connectivity index (χ0v) is 20.5. The van der Waals surface area contributed by atoms with Crippen LogP contribution in [0.4, 0.5) is 5.69 Å². The van der Waals surface area contributed by atoms with Gasteiger partial charge in [-0.05, 0) is 40.1 Å². The number of para-hydroxylation sites is 1. The molecule has 7 rings (SSSR count). The third-order valence-corrected chi connectivity index (χ3v) is 7.63. The number of carbonyl (C=O) groups is 2. The number of aliphatic hydroxyl groups is 1. The van der Waals surface area contributed by atoms with E-state index in [9.17, 15) is 14.7 Å². The normalized spacial score (nSPS) is 18.5. The van der Waals surface area contributed by atoms with Gasteiger partial charge in [0.1, 0.15) is 11.2 Å². The first-order valence-electron chi connectivity index (χ1n) is 12.6. The van der Waals surface area contributed by atoms with Crippen molar-refractivity contribution in [2.75, 3.05) is 18.5 Å².